The highest BCUT2D eigenvalue weighted by Gasteiger charge is 2.22. The lowest BCUT2D eigenvalue weighted by Crippen LogP contribution is -2.42. The first-order chi connectivity index (χ1) is 9.69. The van der Waals surface area contributed by atoms with E-state index in [0.717, 1.165) is 18.9 Å². The van der Waals surface area contributed by atoms with E-state index < -0.39 is 0 Å². The minimum Gasteiger partial charge on any atom is -0.314 e. The topological polar surface area (TPSA) is 33.1 Å². The predicted octanol–water partition coefficient (Wildman–Crippen LogP) is 2.06. The number of nitrogens with one attached hydrogen (secondary N) is 1. The van der Waals surface area contributed by atoms with E-state index in [-0.39, 0.29) is 0 Å². The van der Waals surface area contributed by atoms with Crippen molar-refractivity contribution in [2.24, 2.45) is 13.0 Å². The van der Waals surface area contributed by atoms with Crippen molar-refractivity contribution in [3.05, 3.63) is 18.0 Å². The third kappa shape index (κ3) is 4.60. The second kappa shape index (κ2) is 7.79. The first-order valence-electron chi connectivity index (χ1n) is 8.13. The van der Waals surface area contributed by atoms with Gasteiger partial charge in [0.15, 0.2) is 0 Å². The largest absolute Gasteiger partial charge is 0.314 e. The summed E-state index contributed by atoms with van der Waals surface area (Å²) >= 11 is 0. The summed E-state index contributed by atoms with van der Waals surface area (Å²) in [6, 6.07) is 2.73. The number of likely N-dealkylation sites (tertiary alicyclic amines) is 1. The molecule has 114 valence electrons. The molecule has 2 heterocycles. The zero-order valence-corrected chi connectivity index (χ0v) is 13.3. The molecule has 4 heteroatoms. The van der Waals surface area contributed by atoms with Crippen LogP contribution in [0.2, 0.25) is 0 Å². The first kappa shape index (κ1) is 15.5. The Morgan fingerprint density at radius 3 is 2.75 bits per heavy atom. The van der Waals surface area contributed by atoms with Crippen molar-refractivity contribution < 1.29 is 0 Å². The van der Waals surface area contributed by atoms with Crippen molar-refractivity contribution in [2.45, 2.75) is 45.6 Å². The van der Waals surface area contributed by atoms with Crippen LogP contribution in [0.5, 0.6) is 0 Å². The molecule has 1 fully saturated rings. The molecule has 0 bridgehead atoms. The van der Waals surface area contributed by atoms with E-state index in [0.29, 0.717) is 6.04 Å². The van der Waals surface area contributed by atoms with Crippen LogP contribution < -0.4 is 5.32 Å². The minimum atomic E-state index is 0.627. The summed E-state index contributed by atoms with van der Waals surface area (Å²) in [6.07, 6.45) is 7.01. The molecule has 1 unspecified atom stereocenters. The summed E-state index contributed by atoms with van der Waals surface area (Å²) in [6.45, 7) is 9.49. The number of nitrogens with zero attached hydrogens (tertiary/aromatic N) is 3. The van der Waals surface area contributed by atoms with E-state index in [1.165, 1.54) is 44.6 Å². The van der Waals surface area contributed by atoms with Gasteiger partial charge in [0.2, 0.25) is 0 Å². The van der Waals surface area contributed by atoms with Gasteiger partial charge in [-0.25, -0.2) is 0 Å². The van der Waals surface area contributed by atoms with Gasteiger partial charge >= 0.3 is 0 Å². The van der Waals surface area contributed by atoms with Crippen LogP contribution in [0, 0.1) is 5.92 Å². The van der Waals surface area contributed by atoms with Crippen LogP contribution >= 0.6 is 0 Å². The highest BCUT2D eigenvalue weighted by Crippen LogP contribution is 2.20. The van der Waals surface area contributed by atoms with Gasteiger partial charge in [-0.1, -0.05) is 6.92 Å². The molecule has 0 amide bonds. The molecule has 0 radical (unpaired) electrons. The summed E-state index contributed by atoms with van der Waals surface area (Å²) < 4.78 is 1.88. The Labute approximate surface area is 123 Å². The van der Waals surface area contributed by atoms with E-state index in [4.69, 9.17) is 0 Å². The van der Waals surface area contributed by atoms with Gasteiger partial charge in [-0.05, 0) is 57.8 Å². The first-order valence-corrected chi connectivity index (χ1v) is 8.13. The van der Waals surface area contributed by atoms with Crippen molar-refractivity contribution in [2.75, 3.05) is 26.2 Å². The predicted molar refractivity (Wildman–Crippen MR) is 83.8 cm³/mol. The number of hydrogen-bond donors (Lipinski definition) is 1. The summed E-state index contributed by atoms with van der Waals surface area (Å²) in [7, 11) is 1.98. The molecule has 0 aliphatic carbocycles. The van der Waals surface area contributed by atoms with E-state index in [1.807, 2.05) is 17.9 Å². The van der Waals surface area contributed by atoms with Crippen molar-refractivity contribution in [1.29, 1.82) is 0 Å². The average Bonchev–Trinajstić information content (AvgIpc) is 2.85. The van der Waals surface area contributed by atoms with Gasteiger partial charge in [0.1, 0.15) is 0 Å². The lowest BCUT2D eigenvalue weighted by atomic mass is 9.90. The van der Waals surface area contributed by atoms with Gasteiger partial charge < -0.3 is 10.2 Å². The lowest BCUT2D eigenvalue weighted by Gasteiger charge is -2.35. The summed E-state index contributed by atoms with van der Waals surface area (Å²) in [5, 5.41) is 8.11. The van der Waals surface area contributed by atoms with Crippen LogP contribution in [-0.2, 0) is 13.5 Å². The van der Waals surface area contributed by atoms with Gasteiger partial charge in [0, 0.05) is 32.3 Å². The monoisotopic (exact) mass is 278 g/mol. The smallest absolute Gasteiger partial charge is 0.0637 e. The van der Waals surface area contributed by atoms with E-state index in [1.54, 1.807) is 0 Å². The van der Waals surface area contributed by atoms with E-state index in [2.05, 4.69) is 35.2 Å². The van der Waals surface area contributed by atoms with Crippen LogP contribution in [0.4, 0.5) is 0 Å². The minimum absolute atomic E-state index is 0.627. The normalized spacial score (nSPS) is 19.4. The van der Waals surface area contributed by atoms with Crippen LogP contribution in [0.1, 0.15) is 38.8 Å². The Balaban J connectivity index is 1.64. The summed E-state index contributed by atoms with van der Waals surface area (Å²) in [4.78, 5) is 2.61. The third-order valence-electron chi connectivity index (χ3n) is 4.50. The second-order valence-electron chi connectivity index (χ2n) is 6.15. The number of aryl methyl sites for hydroxylation is 1. The van der Waals surface area contributed by atoms with Crippen molar-refractivity contribution in [3.63, 3.8) is 0 Å². The number of aromatic nitrogens is 2. The van der Waals surface area contributed by atoms with E-state index in [9.17, 15) is 0 Å². The third-order valence-corrected chi connectivity index (χ3v) is 4.50. The quantitative estimate of drug-likeness (QED) is 0.829. The van der Waals surface area contributed by atoms with Gasteiger partial charge in [-0.15, -0.1) is 0 Å². The fourth-order valence-corrected chi connectivity index (χ4v) is 3.18. The van der Waals surface area contributed by atoms with Gasteiger partial charge in [0.25, 0.3) is 0 Å². The molecule has 1 aliphatic rings. The maximum atomic E-state index is 4.42. The Kier molecular flexibility index (Phi) is 6.05. The highest BCUT2D eigenvalue weighted by molar-refractivity contribution is 4.99. The summed E-state index contributed by atoms with van der Waals surface area (Å²) in [5.74, 6) is 0.840. The van der Waals surface area contributed by atoms with E-state index >= 15 is 0 Å². The maximum Gasteiger partial charge on any atom is 0.0637 e. The molecule has 1 aliphatic heterocycles. The summed E-state index contributed by atoms with van der Waals surface area (Å²) in [5.41, 5.74) is 1.19. The van der Waals surface area contributed by atoms with Crippen molar-refractivity contribution in [1.82, 2.24) is 20.0 Å². The van der Waals surface area contributed by atoms with Crippen molar-refractivity contribution >= 4 is 0 Å². The fourth-order valence-electron chi connectivity index (χ4n) is 3.18. The average molecular weight is 278 g/mol. The molecule has 2 rings (SSSR count). The molecule has 1 N–H and O–H groups in total. The fraction of sp³-hybridized carbons (Fsp3) is 0.812. The Morgan fingerprint density at radius 1 is 1.40 bits per heavy atom. The molecule has 0 saturated carbocycles. The molecule has 20 heavy (non-hydrogen) atoms. The molecule has 1 aromatic rings. The maximum absolute atomic E-state index is 4.42. The van der Waals surface area contributed by atoms with Crippen LogP contribution in [0.25, 0.3) is 0 Å². The Hall–Kier alpha value is -0.870. The number of piperidine rings is 1. The highest BCUT2D eigenvalue weighted by atomic mass is 15.2. The standard InChI is InChI=1S/C16H30N4/c1-4-10-20-12-6-15(7-13-20)14(2)17-9-5-16-8-11-19(3)18-16/h8,11,14-15,17H,4-7,9-10,12-13H2,1-3H3. The zero-order valence-electron chi connectivity index (χ0n) is 13.3. The molecule has 4 nitrogen and oxygen atoms in total. The van der Waals surface area contributed by atoms with Gasteiger partial charge in [-0.3, -0.25) is 4.68 Å². The molecular weight excluding hydrogens is 248 g/mol. The zero-order chi connectivity index (χ0) is 14.4. The van der Waals surface area contributed by atoms with Crippen LogP contribution in [0.15, 0.2) is 12.3 Å². The van der Waals surface area contributed by atoms with Crippen LogP contribution in [-0.4, -0.2) is 46.9 Å². The van der Waals surface area contributed by atoms with Crippen molar-refractivity contribution in [3.8, 4) is 0 Å². The second-order valence-corrected chi connectivity index (χ2v) is 6.15. The van der Waals surface area contributed by atoms with Gasteiger partial charge in [-0.2, -0.15) is 5.10 Å². The lowest BCUT2D eigenvalue weighted by molar-refractivity contribution is 0.163. The molecule has 1 saturated heterocycles. The number of hydrogen-bond acceptors (Lipinski definition) is 3. The SMILES string of the molecule is CCCN1CCC(C(C)NCCc2ccn(C)n2)CC1. The number of rotatable bonds is 7. The molecule has 0 aromatic carbocycles. The Bertz CT molecular complexity index is 380. The molecule has 1 aromatic heterocycles. The van der Waals surface area contributed by atoms with Crippen LogP contribution in [0.3, 0.4) is 0 Å². The molecule has 0 spiro atoms. The molecule has 1 atom stereocenters. The Morgan fingerprint density at radius 2 is 2.15 bits per heavy atom. The van der Waals surface area contributed by atoms with Gasteiger partial charge in [0.05, 0.1) is 5.69 Å². The molecular formula is C16H30N4.